The first-order valence-corrected chi connectivity index (χ1v) is 11.1. The van der Waals surface area contributed by atoms with E-state index in [2.05, 4.69) is 15.5 Å². The summed E-state index contributed by atoms with van der Waals surface area (Å²) in [6.45, 7) is 4.63. The van der Waals surface area contributed by atoms with Gasteiger partial charge in [0.15, 0.2) is 11.0 Å². The van der Waals surface area contributed by atoms with E-state index in [0.717, 1.165) is 17.0 Å². The van der Waals surface area contributed by atoms with Gasteiger partial charge in [-0.2, -0.15) is 0 Å². The number of carbonyl (C=O) groups is 3. The Morgan fingerprint density at radius 2 is 1.70 bits per heavy atom. The molecule has 10 heteroatoms. The van der Waals surface area contributed by atoms with Crippen LogP contribution in [0, 0.1) is 6.92 Å². The van der Waals surface area contributed by atoms with E-state index in [-0.39, 0.29) is 28.5 Å². The number of thioether (sulfide) groups is 1. The van der Waals surface area contributed by atoms with Gasteiger partial charge in [-0.3, -0.25) is 4.79 Å². The van der Waals surface area contributed by atoms with Crippen LogP contribution in [0.1, 0.15) is 33.2 Å². The third kappa shape index (κ3) is 5.58. The maximum Gasteiger partial charge on any atom is 0.339 e. The molecule has 0 saturated carbocycles. The highest BCUT2D eigenvalue weighted by Crippen LogP contribution is 2.25. The zero-order valence-electron chi connectivity index (χ0n) is 18.7. The van der Waals surface area contributed by atoms with Crippen molar-refractivity contribution in [2.24, 2.45) is 0 Å². The third-order valence-electron chi connectivity index (χ3n) is 4.80. The van der Waals surface area contributed by atoms with Crippen molar-refractivity contribution < 1.29 is 23.9 Å². The molecule has 172 valence electrons. The van der Waals surface area contributed by atoms with Gasteiger partial charge in [0.1, 0.15) is 0 Å². The Hall–Kier alpha value is -3.66. The summed E-state index contributed by atoms with van der Waals surface area (Å²) in [5.74, 6) is -0.859. The lowest BCUT2D eigenvalue weighted by Crippen LogP contribution is -2.18. The van der Waals surface area contributed by atoms with Crippen LogP contribution in [-0.4, -0.2) is 52.6 Å². The van der Waals surface area contributed by atoms with Crippen molar-refractivity contribution >= 4 is 35.3 Å². The summed E-state index contributed by atoms with van der Waals surface area (Å²) >= 11 is 1.22. The predicted molar refractivity (Wildman–Crippen MR) is 124 cm³/mol. The molecule has 3 rings (SSSR count). The minimum atomic E-state index is -0.636. The van der Waals surface area contributed by atoms with Crippen LogP contribution in [0.15, 0.2) is 47.6 Å². The molecule has 0 atom stereocenters. The van der Waals surface area contributed by atoms with Crippen LogP contribution < -0.4 is 5.32 Å². The summed E-state index contributed by atoms with van der Waals surface area (Å²) in [5, 5.41) is 11.8. The summed E-state index contributed by atoms with van der Waals surface area (Å²) < 4.78 is 11.4. The lowest BCUT2D eigenvalue weighted by atomic mass is 10.1. The highest BCUT2D eigenvalue weighted by atomic mass is 32.2. The van der Waals surface area contributed by atoms with Crippen molar-refractivity contribution in [3.63, 3.8) is 0 Å². The molecule has 1 amide bonds. The minimum Gasteiger partial charge on any atom is -0.465 e. The number of nitrogens with zero attached hydrogens (tertiary/aromatic N) is 3. The van der Waals surface area contributed by atoms with Crippen molar-refractivity contribution in [3.8, 4) is 11.4 Å². The molecule has 1 aromatic heterocycles. The van der Waals surface area contributed by atoms with Crippen LogP contribution in [0.4, 0.5) is 5.69 Å². The van der Waals surface area contributed by atoms with E-state index in [1.807, 2.05) is 42.7 Å². The number of esters is 2. The minimum absolute atomic E-state index is 0.0229. The number of nitrogens with one attached hydrogen (secondary N) is 1. The van der Waals surface area contributed by atoms with E-state index in [4.69, 9.17) is 9.47 Å². The molecule has 2 aromatic carbocycles. The molecule has 0 aliphatic rings. The van der Waals surface area contributed by atoms with Gasteiger partial charge in [0.25, 0.3) is 0 Å². The number of aromatic nitrogens is 3. The van der Waals surface area contributed by atoms with Crippen molar-refractivity contribution in [1.82, 2.24) is 14.8 Å². The Morgan fingerprint density at radius 1 is 1.00 bits per heavy atom. The topological polar surface area (TPSA) is 112 Å². The zero-order chi connectivity index (χ0) is 24.0. The van der Waals surface area contributed by atoms with Crippen molar-refractivity contribution in [2.75, 3.05) is 25.3 Å². The summed E-state index contributed by atoms with van der Waals surface area (Å²) in [4.78, 5) is 36.6. The first-order chi connectivity index (χ1) is 15.9. The number of hydrogen-bond donors (Lipinski definition) is 1. The van der Waals surface area contributed by atoms with Crippen LogP contribution in [0.5, 0.6) is 0 Å². The Bertz CT molecular complexity index is 1170. The molecule has 0 spiro atoms. The van der Waals surface area contributed by atoms with Crippen LogP contribution >= 0.6 is 11.8 Å². The molecule has 0 radical (unpaired) electrons. The van der Waals surface area contributed by atoms with E-state index >= 15 is 0 Å². The number of aryl methyl sites for hydroxylation is 1. The van der Waals surface area contributed by atoms with Crippen molar-refractivity contribution in [3.05, 3.63) is 59.2 Å². The summed E-state index contributed by atoms with van der Waals surface area (Å²) in [5.41, 5.74) is 2.57. The number of methoxy groups -OCH3 is 2. The van der Waals surface area contributed by atoms with Gasteiger partial charge < -0.3 is 19.4 Å². The normalized spacial score (nSPS) is 10.5. The molecule has 0 aliphatic heterocycles. The van der Waals surface area contributed by atoms with Gasteiger partial charge in [-0.05, 0) is 32.0 Å². The second-order valence-corrected chi connectivity index (χ2v) is 7.94. The van der Waals surface area contributed by atoms with Gasteiger partial charge in [-0.15, -0.1) is 10.2 Å². The smallest absolute Gasteiger partial charge is 0.339 e. The second kappa shape index (κ2) is 10.8. The Kier molecular flexibility index (Phi) is 7.83. The molecule has 33 heavy (non-hydrogen) atoms. The van der Waals surface area contributed by atoms with Gasteiger partial charge in [0, 0.05) is 12.1 Å². The monoisotopic (exact) mass is 468 g/mol. The van der Waals surface area contributed by atoms with Gasteiger partial charge >= 0.3 is 11.9 Å². The standard InChI is InChI=1S/C23H24N4O5S/c1-5-27-20(15-8-6-14(2)7-9-15)25-26-23(27)33-13-19(28)24-18-12-16(21(29)31-3)10-11-17(18)22(30)32-4/h6-12H,5,13H2,1-4H3,(H,24,28). The highest BCUT2D eigenvalue weighted by molar-refractivity contribution is 7.99. The number of carbonyl (C=O) groups excluding carboxylic acids is 3. The highest BCUT2D eigenvalue weighted by Gasteiger charge is 2.19. The van der Waals surface area contributed by atoms with Crippen molar-refractivity contribution in [1.29, 1.82) is 0 Å². The predicted octanol–water partition coefficient (Wildman–Crippen LogP) is 3.58. The molecule has 0 unspecified atom stereocenters. The number of ether oxygens (including phenoxy) is 2. The van der Waals surface area contributed by atoms with Gasteiger partial charge in [0.2, 0.25) is 5.91 Å². The quantitative estimate of drug-likeness (QED) is 0.394. The van der Waals surface area contributed by atoms with Crippen LogP contribution in [0.3, 0.4) is 0 Å². The third-order valence-corrected chi connectivity index (χ3v) is 5.76. The second-order valence-electron chi connectivity index (χ2n) is 7.00. The first kappa shape index (κ1) is 24.0. The molecule has 0 fully saturated rings. The molecule has 9 nitrogen and oxygen atoms in total. The first-order valence-electron chi connectivity index (χ1n) is 10.1. The molecule has 0 aliphatic carbocycles. The Balaban J connectivity index is 1.76. The maximum absolute atomic E-state index is 12.7. The molecule has 0 saturated heterocycles. The van der Waals surface area contributed by atoms with E-state index in [1.165, 1.54) is 44.2 Å². The zero-order valence-corrected chi connectivity index (χ0v) is 19.6. The fourth-order valence-electron chi connectivity index (χ4n) is 3.09. The summed E-state index contributed by atoms with van der Waals surface area (Å²) in [6, 6.07) is 12.2. The summed E-state index contributed by atoms with van der Waals surface area (Å²) in [6.07, 6.45) is 0. The van der Waals surface area contributed by atoms with Crippen LogP contribution in [0.2, 0.25) is 0 Å². The number of anilines is 1. The number of amides is 1. The molecule has 1 heterocycles. The largest absolute Gasteiger partial charge is 0.465 e. The molecule has 3 aromatic rings. The average Bonchev–Trinajstić information content (AvgIpc) is 3.25. The Morgan fingerprint density at radius 3 is 2.33 bits per heavy atom. The fraction of sp³-hybridized carbons (Fsp3) is 0.261. The SMILES string of the molecule is CCn1c(SCC(=O)Nc2cc(C(=O)OC)ccc2C(=O)OC)nnc1-c1ccc(C)cc1. The summed E-state index contributed by atoms with van der Waals surface area (Å²) in [7, 11) is 2.49. The van der Waals surface area contributed by atoms with E-state index in [0.29, 0.717) is 11.7 Å². The van der Waals surface area contributed by atoms with Gasteiger partial charge in [-0.25, -0.2) is 9.59 Å². The van der Waals surface area contributed by atoms with E-state index in [9.17, 15) is 14.4 Å². The number of hydrogen-bond acceptors (Lipinski definition) is 8. The van der Waals surface area contributed by atoms with Crippen LogP contribution in [-0.2, 0) is 20.8 Å². The fourth-order valence-corrected chi connectivity index (χ4v) is 3.90. The van der Waals surface area contributed by atoms with Gasteiger partial charge in [-0.1, -0.05) is 41.6 Å². The lowest BCUT2D eigenvalue weighted by Gasteiger charge is -2.11. The number of benzene rings is 2. The van der Waals surface area contributed by atoms with Crippen molar-refractivity contribution in [2.45, 2.75) is 25.5 Å². The van der Waals surface area contributed by atoms with Crippen LogP contribution in [0.25, 0.3) is 11.4 Å². The molecule has 1 N–H and O–H groups in total. The lowest BCUT2D eigenvalue weighted by molar-refractivity contribution is -0.113. The van der Waals surface area contributed by atoms with E-state index < -0.39 is 11.9 Å². The number of rotatable bonds is 8. The molecular weight excluding hydrogens is 444 g/mol. The van der Waals surface area contributed by atoms with Gasteiger partial charge in [0.05, 0.1) is 36.8 Å². The molecule has 0 bridgehead atoms. The molecular formula is C23H24N4O5S. The average molecular weight is 469 g/mol. The maximum atomic E-state index is 12.7. The van der Waals surface area contributed by atoms with E-state index in [1.54, 1.807) is 0 Å². The Labute approximate surface area is 195 Å².